The van der Waals surface area contributed by atoms with Gasteiger partial charge in [0.1, 0.15) is 17.2 Å². The van der Waals surface area contributed by atoms with Crippen LogP contribution in [0.3, 0.4) is 0 Å². The van der Waals surface area contributed by atoms with E-state index in [1.165, 1.54) is 12.1 Å². The van der Waals surface area contributed by atoms with Crippen molar-refractivity contribution < 1.29 is 15.3 Å². The maximum absolute atomic E-state index is 9.82. The van der Waals surface area contributed by atoms with Gasteiger partial charge >= 0.3 is 0 Å². The predicted octanol–water partition coefficient (Wildman–Crippen LogP) is 3.09. The van der Waals surface area contributed by atoms with Gasteiger partial charge in [0.05, 0.1) is 5.56 Å². The van der Waals surface area contributed by atoms with Gasteiger partial charge in [0.25, 0.3) is 0 Å². The second kappa shape index (κ2) is 4.01. The van der Waals surface area contributed by atoms with Gasteiger partial charge in [-0.1, -0.05) is 23.8 Å². The van der Waals surface area contributed by atoms with Gasteiger partial charge in [-0.05, 0) is 25.0 Å². The standard InChI is InChI=1S/C14H14O3/c1-8-3-4-9(2)11(5-8)14-12(16)6-10(15)7-13(14)17/h3-7,15-17H,1-2H3. The molecule has 17 heavy (non-hydrogen) atoms. The summed E-state index contributed by atoms with van der Waals surface area (Å²) in [7, 11) is 0. The quantitative estimate of drug-likeness (QED) is 0.705. The van der Waals surface area contributed by atoms with Crippen LogP contribution in [0.2, 0.25) is 0 Å². The fourth-order valence-electron chi connectivity index (χ4n) is 1.88. The van der Waals surface area contributed by atoms with Crippen molar-refractivity contribution in [2.45, 2.75) is 13.8 Å². The minimum Gasteiger partial charge on any atom is -0.508 e. The smallest absolute Gasteiger partial charge is 0.130 e. The van der Waals surface area contributed by atoms with Crippen molar-refractivity contribution in [2.24, 2.45) is 0 Å². The zero-order valence-corrected chi connectivity index (χ0v) is 9.73. The third-order valence-corrected chi connectivity index (χ3v) is 2.74. The fourth-order valence-corrected chi connectivity index (χ4v) is 1.88. The molecule has 0 spiro atoms. The minimum atomic E-state index is -0.158. The van der Waals surface area contributed by atoms with Crippen LogP contribution >= 0.6 is 0 Å². The lowest BCUT2D eigenvalue weighted by Crippen LogP contribution is -1.86. The number of benzene rings is 2. The van der Waals surface area contributed by atoms with Crippen LogP contribution in [-0.4, -0.2) is 15.3 Å². The van der Waals surface area contributed by atoms with Crippen LogP contribution in [0.25, 0.3) is 11.1 Å². The highest BCUT2D eigenvalue weighted by molar-refractivity contribution is 5.79. The molecular formula is C14H14O3. The number of rotatable bonds is 1. The summed E-state index contributed by atoms with van der Waals surface area (Å²) in [6.45, 7) is 3.85. The lowest BCUT2D eigenvalue weighted by molar-refractivity contribution is 0.430. The van der Waals surface area contributed by atoms with Gasteiger partial charge in [0.15, 0.2) is 0 Å². The normalized spacial score (nSPS) is 10.5. The van der Waals surface area contributed by atoms with Crippen molar-refractivity contribution in [3.63, 3.8) is 0 Å². The Morgan fingerprint density at radius 3 is 2.00 bits per heavy atom. The van der Waals surface area contributed by atoms with Gasteiger partial charge in [-0.3, -0.25) is 0 Å². The van der Waals surface area contributed by atoms with Crippen molar-refractivity contribution in [3.05, 3.63) is 41.5 Å². The molecule has 88 valence electrons. The van der Waals surface area contributed by atoms with Gasteiger partial charge in [-0.2, -0.15) is 0 Å². The molecule has 3 nitrogen and oxygen atoms in total. The molecule has 0 aromatic heterocycles. The number of hydrogen-bond donors (Lipinski definition) is 3. The van der Waals surface area contributed by atoms with E-state index in [2.05, 4.69) is 0 Å². The van der Waals surface area contributed by atoms with Crippen LogP contribution in [0.5, 0.6) is 17.2 Å². The van der Waals surface area contributed by atoms with Crippen molar-refractivity contribution >= 4 is 0 Å². The third kappa shape index (κ3) is 2.04. The van der Waals surface area contributed by atoms with Gasteiger partial charge in [0, 0.05) is 12.1 Å². The van der Waals surface area contributed by atoms with Crippen LogP contribution < -0.4 is 0 Å². The number of aryl methyl sites for hydroxylation is 2. The first-order valence-corrected chi connectivity index (χ1v) is 5.31. The van der Waals surface area contributed by atoms with Crippen molar-refractivity contribution in [2.75, 3.05) is 0 Å². The molecule has 0 atom stereocenters. The van der Waals surface area contributed by atoms with Gasteiger partial charge in [0.2, 0.25) is 0 Å². The highest BCUT2D eigenvalue weighted by Crippen LogP contribution is 2.41. The van der Waals surface area contributed by atoms with Gasteiger partial charge in [-0.25, -0.2) is 0 Å². The fraction of sp³-hybridized carbons (Fsp3) is 0.143. The Bertz CT molecular complexity index is 551. The molecule has 0 heterocycles. The average molecular weight is 230 g/mol. The SMILES string of the molecule is Cc1ccc(C)c(-c2c(O)cc(O)cc2O)c1. The van der Waals surface area contributed by atoms with Gasteiger partial charge in [-0.15, -0.1) is 0 Å². The molecule has 0 aliphatic rings. The molecule has 2 aromatic carbocycles. The first kappa shape index (κ1) is 11.3. The van der Waals surface area contributed by atoms with Crippen molar-refractivity contribution in [3.8, 4) is 28.4 Å². The summed E-state index contributed by atoms with van der Waals surface area (Å²) in [4.78, 5) is 0. The minimum absolute atomic E-state index is 0.129. The predicted molar refractivity (Wildman–Crippen MR) is 66.3 cm³/mol. The molecule has 0 fully saturated rings. The number of phenolic OH excluding ortho intramolecular Hbond substituents is 3. The Balaban J connectivity index is 2.72. The highest BCUT2D eigenvalue weighted by Gasteiger charge is 2.13. The topological polar surface area (TPSA) is 60.7 Å². The number of phenols is 3. The van der Waals surface area contributed by atoms with E-state index < -0.39 is 0 Å². The van der Waals surface area contributed by atoms with E-state index in [4.69, 9.17) is 0 Å². The Labute approximate surface area is 99.6 Å². The summed E-state index contributed by atoms with van der Waals surface area (Å²) in [6.07, 6.45) is 0. The summed E-state index contributed by atoms with van der Waals surface area (Å²) in [5.74, 6) is -0.415. The number of aromatic hydroxyl groups is 3. The van der Waals surface area contributed by atoms with E-state index in [0.717, 1.165) is 16.7 Å². The summed E-state index contributed by atoms with van der Waals surface area (Å²) >= 11 is 0. The summed E-state index contributed by atoms with van der Waals surface area (Å²) in [5, 5.41) is 28.9. The Hall–Kier alpha value is -2.16. The van der Waals surface area contributed by atoms with E-state index in [0.29, 0.717) is 5.56 Å². The Morgan fingerprint density at radius 2 is 1.41 bits per heavy atom. The summed E-state index contributed by atoms with van der Waals surface area (Å²) < 4.78 is 0. The lowest BCUT2D eigenvalue weighted by atomic mass is 9.97. The molecule has 3 heteroatoms. The van der Waals surface area contributed by atoms with Crippen LogP contribution in [0.1, 0.15) is 11.1 Å². The van der Waals surface area contributed by atoms with E-state index in [9.17, 15) is 15.3 Å². The van der Waals surface area contributed by atoms with E-state index in [1.807, 2.05) is 32.0 Å². The maximum atomic E-state index is 9.82. The molecular weight excluding hydrogens is 216 g/mol. The molecule has 2 rings (SSSR count). The van der Waals surface area contributed by atoms with E-state index in [1.54, 1.807) is 0 Å². The maximum Gasteiger partial charge on any atom is 0.130 e. The largest absolute Gasteiger partial charge is 0.508 e. The Morgan fingerprint density at radius 1 is 0.824 bits per heavy atom. The summed E-state index contributed by atoms with van der Waals surface area (Å²) in [6, 6.07) is 8.22. The highest BCUT2D eigenvalue weighted by atomic mass is 16.3. The molecule has 0 bridgehead atoms. The molecule has 0 saturated carbocycles. The van der Waals surface area contributed by atoms with E-state index >= 15 is 0 Å². The lowest BCUT2D eigenvalue weighted by Gasteiger charge is -2.11. The van der Waals surface area contributed by atoms with Crippen LogP contribution in [-0.2, 0) is 0 Å². The molecule has 3 N–H and O–H groups in total. The third-order valence-electron chi connectivity index (χ3n) is 2.74. The molecule has 2 aromatic rings. The molecule has 0 radical (unpaired) electrons. The summed E-state index contributed by atoms with van der Waals surface area (Å²) in [5.41, 5.74) is 3.10. The first-order valence-electron chi connectivity index (χ1n) is 5.31. The second-order valence-electron chi connectivity index (χ2n) is 4.18. The zero-order chi connectivity index (χ0) is 12.6. The average Bonchev–Trinajstić information content (AvgIpc) is 2.21. The van der Waals surface area contributed by atoms with Crippen molar-refractivity contribution in [1.82, 2.24) is 0 Å². The number of hydrogen-bond acceptors (Lipinski definition) is 3. The van der Waals surface area contributed by atoms with Crippen LogP contribution in [0.15, 0.2) is 30.3 Å². The molecule has 0 unspecified atom stereocenters. The van der Waals surface area contributed by atoms with Crippen LogP contribution in [0.4, 0.5) is 0 Å². The van der Waals surface area contributed by atoms with Gasteiger partial charge < -0.3 is 15.3 Å². The zero-order valence-electron chi connectivity index (χ0n) is 9.73. The first-order chi connectivity index (χ1) is 7.99. The molecule has 0 aliphatic heterocycles. The molecule has 0 aliphatic carbocycles. The van der Waals surface area contributed by atoms with Crippen molar-refractivity contribution in [1.29, 1.82) is 0 Å². The van der Waals surface area contributed by atoms with Crippen LogP contribution in [0, 0.1) is 13.8 Å². The Kier molecular flexibility index (Phi) is 2.68. The molecule has 0 saturated heterocycles. The molecule has 0 amide bonds. The second-order valence-corrected chi connectivity index (χ2v) is 4.18. The van der Waals surface area contributed by atoms with E-state index in [-0.39, 0.29) is 17.2 Å². The monoisotopic (exact) mass is 230 g/mol.